The highest BCUT2D eigenvalue weighted by atomic mass is 79.9. The van der Waals surface area contributed by atoms with Crippen LogP contribution >= 0.6 is 15.9 Å². The minimum absolute atomic E-state index is 0.0688. The van der Waals surface area contributed by atoms with Gasteiger partial charge in [-0.05, 0) is 28.9 Å². The largest absolute Gasteiger partial charge is 0.479 e. The van der Waals surface area contributed by atoms with Crippen LogP contribution in [0.4, 0.5) is 4.39 Å². The summed E-state index contributed by atoms with van der Waals surface area (Å²) in [5, 5.41) is 8.76. The van der Waals surface area contributed by atoms with Crippen LogP contribution in [0.25, 0.3) is 0 Å². The van der Waals surface area contributed by atoms with Crippen LogP contribution < -0.4 is 0 Å². The molecule has 0 radical (unpaired) electrons. The molecule has 0 bridgehead atoms. The molecule has 0 unspecified atom stereocenters. The zero-order valence-corrected chi connectivity index (χ0v) is 11.2. The second kappa shape index (κ2) is 4.38. The average molecular weight is 320 g/mol. The lowest BCUT2D eigenvalue weighted by Crippen LogP contribution is -2.38. The molecule has 7 heteroatoms. The average Bonchev–Trinajstić information content (AvgIpc) is 2.82. The number of carbonyl (C=O) groups excluding carboxylic acids is 1. The lowest BCUT2D eigenvalue weighted by atomic mass is 10.1. The van der Waals surface area contributed by atoms with Gasteiger partial charge in [-0.1, -0.05) is 0 Å². The smallest absolute Gasteiger partial charge is 0.343 e. The monoisotopic (exact) mass is 319 g/mol. The maximum atomic E-state index is 13.8. The van der Waals surface area contributed by atoms with Crippen LogP contribution in [0, 0.1) is 6.92 Å². The summed E-state index contributed by atoms with van der Waals surface area (Å²) in [6.45, 7) is 1.32. The van der Waals surface area contributed by atoms with E-state index in [1.165, 1.54) is 0 Å². The van der Waals surface area contributed by atoms with Crippen molar-refractivity contribution in [1.29, 1.82) is 0 Å². The Kier molecular flexibility index (Phi) is 3.18. The van der Waals surface area contributed by atoms with Gasteiger partial charge in [0.2, 0.25) is 5.67 Å². The molecule has 1 saturated heterocycles. The summed E-state index contributed by atoms with van der Waals surface area (Å²) in [6.07, 6.45) is -0.199. The Bertz CT molecular complexity index is 515. The summed E-state index contributed by atoms with van der Waals surface area (Å²) in [7, 11) is 0. The van der Waals surface area contributed by atoms with Gasteiger partial charge in [-0.3, -0.25) is 4.79 Å². The van der Waals surface area contributed by atoms with Crippen LogP contribution in [0.1, 0.15) is 22.5 Å². The molecule has 5 nitrogen and oxygen atoms in total. The molecule has 1 fully saturated rings. The normalized spacial score (nSPS) is 23.4. The topological polar surface area (TPSA) is 70.8 Å². The Hall–Kier alpha value is -1.37. The minimum atomic E-state index is -2.35. The molecule has 0 saturated carbocycles. The Morgan fingerprint density at radius 3 is 2.72 bits per heavy atom. The van der Waals surface area contributed by atoms with Gasteiger partial charge in [0.05, 0.1) is 6.54 Å². The fraction of sp³-hybridized carbons (Fsp3) is 0.455. The molecule has 1 aromatic heterocycles. The predicted octanol–water partition coefficient (Wildman–Crippen LogP) is 1.99. The van der Waals surface area contributed by atoms with Gasteiger partial charge in [0.15, 0.2) is 10.4 Å². The number of rotatable bonds is 2. The molecule has 0 aromatic carbocycles. The van der Waals surface area contributed by atoms with Crippen molar-refractivity contribution in [1.82, 2.24) is 4.90 Å². The Morgan fingerprint density at radius 2 is 2.28 bits per heavy atom. The molecule has 1 aliphatic heterocycles. The summed E-state index contributed by atoms with van der Waals surface area (Å²) in [5.74, 6) is -1.91. The molecule has 18 heavy (non-hydrogen) atoms. The van der Waals surface area contributed by atoms with Gasteiger partial charge in [-0.15, -0.1) is 0 Å². The zero-order chi connectivity index (χ0) is 13.5. The van der Waals surface area contributed by atoms with Crippen LogP contribution in [0.3, 0.4) is 0 Å². The highest BCUT2D eigenvalue weighted by Crippen LogP contribution is 2.29. The molecule has 1 amide bonds. The van der Waals surface area contributed by atoms with Crippen molar-refractivity contribution in [2.75, 3.05) is 13.1 Å². The first-order chi connectivity index (χ1) is 8.33. The number of hydrogen-bond acceptors (Lipinski definition) is 3. The fourth-order valence-electron chi connectivity index (χ4n) is 1.92. The van der Waals surface area contributed by atoms with Crippen molar-refractivity contribution in [3.63, 3.8) is 0 Å². The van der Waals surface area contributed by atoms with E-state index in [0.717, 1.165) is 4.90 Å². The number of nitrogens with zero attached hydrogens (tertiary/aromatic N) is 1. The van der Waals surface area contributed by atoms with Gasteiger partial charge in [0.25, 0.3) is 5.91 Å². The maximum Gasteiger partial charge on any atom is 0.343 e. The van der Waals surface area contributed by atoms with Crippen LogP contribution in [0.15, 0.2) is 15.2 Å². The number of carboxylic acids is 1. The minimum Gasteiger partial charge on any atom is -0.479 e. The van der Waals surface area contributed by atoms with E-state index in [1.54, 1.807) is 13.0 Å². The van der Waals surface area contributed by atoms with E-state index in [9.17, 15) is 14.0 Å². The molecule has 0 aliphatic carbocycles. The first-order valence-electron chi connectivity index (χ1n) is 5.31. The van der Waals surface area contributed by atoms with Crippen LogP contribution in [0.2, 0.25) is 0 Å². The maximum absolute atomic E-state index is 13.8. The SMILES string of the molecule is Cc1cc(Br)oc1C(=O)N1CC[C@@](F)(C(=O)O)C1. The van der Waals surface area contributed by atoms with Gasteiger partial charge in [-0.25, -0.2) is 9.18 Å². The lowest BCUT2D eigenvalue weighted by Gasteiger charge is -2.16. The molecule has 1 atom stereocenters. The number of amides is 1. The molecule has 2 heterocycles. The van der Waals surface area contributed by atoms with E-state index >= 15 is 0 Å². The van der Waals surface area contributed by atoms with E-state index in [4.69, 9.17) is 9.52 Å². The number of carboxylic acid groups (broad SMARTS) is 1. The highest BCUT2D eigenvalue weighted by Gasteiger charge is 2.47. The molecule has 1 aliphatic rings. The summed E-state index contributed by atoms with van der Waals surface area (Å²) in [4.78, 5) is 24.0. The number of carbonyl (C=O) groups is 2. The van der Waals surface area contributed by atoms with Crippen LogP contribution in [-0.2, 0) is 4.79 Å². The molecule has 98 valence electrons. The third-order valence-electron chi connectivity index (χ3n) is 2.97. The van der Waals surface area contributed by atoms with Crippen molar-refractivity contribution >= 4 is 27.8 Å². The second-order valence-corrected chi connectivity index (χ2v) is 5.09. The number of hydrogen-bond donors (Lipinski definition) is 1. The van der Waals surface area contributed by atoms with E-state index in [-0.39, 0.29) is 18.7 Å². The molecule has 1 aromatic rings. The number of aryl methyl sites for hydroxylation is 1. The molecular formula is C11H11BrFNO4. The lowest BCUT2D eigenvalue weighted by molar-refractivity contribution is -0.149. The molecule has 2 rings (SSSR count). The number of alkyl halides is 1. The van der Waals surface area contributed by atoms with Crippen molar-refractivity contribution in [3.05, 3.63) is 22.1 Å². The van der Waals surface area contributed by atoms with Crippen LogP contribution in [-0.4, -0.2) is 40.6 Å². The first-order valence-corrected chi connectivity index (χ1v) is 6.10. The zero-order valence-electron chi connectivity index (χ0n) is 9.57. The number of halogens is 2. The third kappa shape index (κ3) is 2.14. The van der Waals surface area contributed by atoms with E-state index in [1.807, 2.05) is 0 Å². The standard InChI is InChI=1S/C11H11BrFNO4/c1-6-4-7(12)18-8(6)9(15)14-3-2-11(13,5-14)10(16)17/h4H,2-3,5H2,1H3,(H,16,17)/t11-/m0/s1. The van der Waals surface area contributed by atoms with E-state index in [0.29, 0.717) is 10.2 Å². The summed E-state index contributed by atoms with van der Waals surface area (Å²) in [6, 6.07) is 1.63. The van der Waals surface area contributed by atoms with Crippen LogP contribution in [0.5, 0.6) is 0 Å². The fourth-order valence-corrected chi connectivity index (χ4v) is 2.43. The molecule has 0 spiro atoms. The van der Waals surface area contributed by atoms with Gasteiger partial charge in [0.1, 0.15) is 0 Å². The van der Waals surface area contributed by atoms with Crippen molar-refractivity contribution < 1.29 is 23.5 Å². The number of likely N-dealkylation sites (tertiary alicyclic amines) is 1. The Morgan fingerprint density at radius 1 is 1.61 bits per heavy atom. The Labute approximate surface area is 111 Å². The summed E-state index contributed by atoms with van der Waals surface area (Å²) in [5.41, 5.74) is -1.73. The number of furan rings is 1. The highest BCUT2D eigenvalue weighted by molar-refractivity contribution is 9.10. The number of aliphatic carboxylic acids is 1. The van der Waals surface area contributed by atoms with Crippen molar-refractivity contribution in [3.8, 4) is 0 Å². The second-order valence-electron chi connectivity index (χ2n) is 4.31. The predicted molar refractivity (Wildman–Crippen MR) is 63.1 cm³/mol. The van der Waals surface area contributed by atoms with Gasteiger partial charge in [0, 0.05) is 18.5 Å². The third-order valence-corrected chi connectivity index (χ3v) is 3.36. The summed E-state index contributed by atoms with van der Waals surface area (Å²) >= 11 is 3.10. The van der Waals surface area contributed by atoms with E-state index in [2.05, 4.69) is 15.9 Å². The molecule has 1 N–H and O–H groups in total. The van der Waals surface area contributed by atoms with E-state index < -0.39 is 24.1 Å². The van der Waals surface area contributed by atoms with Gasteiger partial charge >= 0.3 is 5.97 Å². The summed E-state index contributed by atoms with van der Waals surface area (Å²) < 4.78 is 19.4. The molecular weight excluding hydrogens is 309 g/mol. The van der Waals surface area contributed by atoms with Gasteiger partial charge < -0.3 is 14.4 Å². The quantitative estimate of drug-likeness (QED) is 0.905. The van der Waals surface area contributed by atoms with Crippen molar-refractivity contribution in [2.45, 2.75) is 19.0 Å². The van der Waals surface area contributed by atoms with Gasteiger partial charge in [-0.2, -0.15) is 0 Å². The van der Waals surface area contributed by atoms with Crippen molar-refractivity contribution in [2.24, 2.45) is 0 Å². The Balaban J connectivity index is 2.18. The first kappa shape index (κ1) is 13.1.